The number of ether oxygens (including phenoxy) is 7. The summed E-state index contributed by atoms with van der Waals surface area (Å²) in [6.07, 6.45) is 11.3. The molecule has 76 heavy (non-hydrogen) atoms. The van der Waals surface area contributed by atoms with Crippen molar-refractivity contribution in [2.24, 2.45) is 35.5 Å². The summed E-state index contributed by atoms with van der Waals surface area (Å²) in [5.74, 6) is -4.24. The summed E-state index contributed by atoms with van der Waals surface area (Å²) >= 11 is 0. The fourth-order valence-electron chi connectivity index (χ4n) is 11.5. The molecule has 0 heterocycles. The zero-order valence-electron chi connectivity index (χ0n) is 43.5. The first kappa shape index (κ1) is 53.7. The molecular formula is C61H66O15. The second-order valence-electron chi connectivity index (χ2n) is 21.1. The minimum absolute atomic E-state index is 0.0809. The van der Waals surface area contributed by atoms with Crippen molar-refractivity contribution in [2.45, 2.75) is 142 Å². The maximum Gasteiger partial charge on any atom is 0.338 e. The van der Waals surface area contributed by atoms with Gasteiger partial charge in [0.25, 0.3) is 0 Å². The van der Waals surface area contributed by atoms with Crippen LogP contribution in [0.25, 0.3) is 0 Å². The van der Waals surface area contributed by atoms with Crippen LogP contribution in [0.4, 0.5) is 0 Å². The van der Waals surface area contributed by atoms with E-state index in [-0.39, 0.29) is 63.3 Å². The van der Waals surface area contributed by atoms with E-state index in [0.717, 1.165) is 64.2 Å². The maximum absolute atomic E-state index is 14.3. The van der Waals surface area contributed by atoms with Crippen LogP contribution < -0.4 is 23.7 Å². The average Bonchev–Trinajstić information content (AvgIpc) is 3.45. The van der Waals surface area contributed by atoms with Crippen molar-refractivity contribution in [1.29, 1.82) is 0 Å². The third kappa shape index (κ3) is 12.2. The predicted molar refractivity (Wildman–Crippen MR) is 276 cm³/mol. The van der Waals surface area contributed by atoms with Crippen molar-refractivity contribution in [1.82, 2.24) is 0 Å². The van der Waals surface area contributed by atoms with Gasteiger partial charge in [-0.05, 0) is 163 Å². The number of rotatable bonds is 15. The van der Waals surface area contributed by atoms with Crippen molar-refractivity contribution >= 4 is 47.4 Å². The van der Waals surface area contributed by atoms with Crippen LogP contribution in [0.5, 0.6) is 28.7 Å². The number of hydrogen-bond donors (Lipinski definition) is 0. The molecule has 4 aromatic carbocycles. The summed E-state index contributed by atoms with van der Waals surface area (Å²) in [4.78, 5) is 108. The Bertz CT molecular complexity index is 2820. The molecule has 5 aliphatic rings. The molecule has 5 aliphatic carbocycles. The van der Waals surface area contributed by atoms with Crippen molar-refractivity contribution < 1.29 is 71.5 Å². The van der Waals surface area contributed by atoms with Crippen molar-refractivity contribution in [3.63, 3.8) is 0 Å². The van der Waals surface area contributed by atoms with Gasteiger partial charge < -0.3 is 33.2 Å². The van der Waals surface area contributed by atoms with E-state index >= 15 is 0 Å². The molecule has 4 saturated carbocycles. The van der Waals surface area contributed by atoms with Crippen LogP contribution in [0.3, 0.4) is 0 Å². The molecule has 0 amide bonds. The van der Waals surface area contributed by atoms with E-state index < -0.39 is 59.5 Å². The van der Waals surface area contributed by atoms with E-state index in [9.17, 15) is 38.4 Å². The first-order chi connectivity index (χ1) is 36.8. The van der Waals surface area contributed by atoms with Gasteiger partial charge in [0.1, 0.15) is 29.5 Å². The molecule has 0 N–H and O–H groups in total. The first-order valence-electron chi connectivity index (χ1n) is 27.2. The maximum atomic E-state index is 14.3. The second kappa shape index (κ2) is 24.2. The Morgan fingerprint density at radius 3 is 1.20 bits per heavy atom. The number of ketones is 2. The molecule has 400 valence electrons. The highest BCUT2D eigenvalue weighted by Crippen LogP contribution is 2.46. The summed E-state index contributed by atoms with van der Waals surface area (Å²) in [5, 5.41) is 0. The largest absolute Gasteiger partial charge is 0.493 e. The van der Waals surface area contributed by atoms with Gasteiger partial charge in [-0.1, -0.05) is 51.0 Å². The molecule has 0 unspecified atom stereocenters. The zero-order chi connectivity index (χ0) is 53.5. The van der Waals surface area contributed by atoms with Crippen molar-refractivity contribution in [2.75, 3.05) is 7.11 Å². The van der Waals surface area contributed by atoms with Crippen LogP contribution in [0.2, 0.25) is 0 Å². The third-order valence-electron chi connectivity index (χ3n) is 16.4. The highest BCUT2D eigenvalue weighted by molar-refractivity contribution is 6.30. The lowest BCUT2D eigenvalue weighted by Crippen LogP contribution is -2.32. The minimum Gasteiger partial charge on any atom is -0.493 e. The molecule has 0 radical (unpaired) electrons. The number of fused-ring (bicyclic) bond motifs is 2. The van der Waals surface area contributed by atoms with Gasteiger partial charge in [-0.25, -0.2) is 9.59 Å². The number of benzene rings is 4. The number of hydrogen-bond acceptors (Lipinski definition) is 15. The molecule has 15 heteroatoms. The Hall–Kier alpha value is -7.16. The van der Waals surface area contributed by atoms with Crippen LogP contribution >= 0.6 is 0 Å². The van der Waals surface area contributed by atoms with Gasteiger partial charge in [-0.3, -0.25) is 28.8 Å². The molecule has 4 fully saturated rings. The molecular weight excluding hydrogens is 973 g/mol. The molecule has 15 nitrogen and oxygen atoms in total. The molecule has 9 rings (SSSR count). The van der Waals surface area contributed by atoms with E-state index in [0.29, 0.717) is 85.8 Å². The number of esters is 6. The molecule has 0 aliphatic heterocycles. The zero-order valence-corrected chi connectivity index (χ0v) is 43.5. The van der Waals surface area contributed by atoms with Gasteiger partial charge in [-0.15, -0.1) is 0 Å². The van der Waals surface area contributed by atoms with E-state index in [1.54, 1.807) is 60.7 Å². The van der Waals surface area contributed by atoms with Crippen molar-refractivity contribution in [3.8, 4) is 28.7 Å². The lowest BCUT2D eigenvalue weighted by Gasteiger charge is -2.29. The summed E-state index contributed by atoms with van der Waals surface area (Å²) in [6, 6.07) is 20.1. The Morgan fingerprint density at radius 1 is 0.434 bits per heavy atom. The van der Waals surface area contributed by atoms with Crippen LogP contribution in [0.1, 0.15) is 182 Å². The first-order valence-corrected chi connectivity index (χ1v) is 27.2. The summed E-state index contributed by atoms with van der Waals surface area (Å²) in [5.41, 5.74) is 0.260. The van der Waals surface area contributed by atoms with Gasteiger partial charge in [-0.2, -0.15) is 0 Å². The second-order valence-corrected chi connectivity index (χ2v) is 21.1. The third-order valence-corrected chi connectivity index (χ3v) is 16.4. The number of carbonyl (C=O) groups is 8. The molecule has 4 aromatic rings. The fourth-order valence-corrected chi connectivity index (χ4v) is 11.5. The molecule has 0 spiro atoms. The Labute approximate surface area is 442 Å². The van der Waals surface area contributed by atoms with Gasteiger partial charge in [0.05, 0.1) is 53.0 Å². The van der Waals surface area contributed by atoms with Gasteiger partial charge >= 0.3 is 35.8 Å². The molecule has 0 aromatic heterocycles. The van der Waals surface area contributed by atoms with Crippen LogP contribution in [0, 0.1) is 35.5 Å². The predicted octanol–water partition coefficient (Wildman–Crippen LogP) is 11.4. The smallest absolute Gasteiger partial charge is 0.338 e. The lowest BCUT2D eigenvalue weighted by atomic mass is 9.81. The lowest BCUT2D eigenvalue weighted by molar-refractivity contribution is -0.142. The van der Waals surface area contributed by atoms with Crippen LogP contribution in [0.15, 0.2) is 78.9 Å². The monoisotopic (exact) mass is 1040 g/mol. The van der Waals surface area contributed by atoms with E-state index in [4.69, 9.17) is 33.2 Å². The normalized spacial score (nSPS) is 24.1. The molecule has 0 bridgehead atoms. The Balaban J connectivity index is 0.792. The topological polar surface area (TPSA) is 201 Å². The highest BCUT2D eigenvalue weighted by atomic mass is 16.6. The fraction of sp³-hybridized carbons (Fsp3) is 0.475. The summed E-state index contributed by atoms with van der Waals surface area (Å²) in [7, 11) is 1.30. The Morgan fingerprint density at radius 2 is 0.803 bits per heavy atom. The highest BCUT2D eigenvalue weighted by Gasteiger charge is 2.41. The van der Waals surface area contributed by atoms with Crippen LogP contribution in [-0.4, -0.2) is 66.7 Å². The summed E-state index contributed by atoms with van der Waals surface area (Å²) in [6.45, 7) is 4.34. The number of carbonyl (C=O) groups excluding carboxylic acids is 8. The molecule has 0 saturated heterocycles. The van der Waals surface area contributed by atoms with Gasteiger partial charge in [0, 0.05) is 17.2 Å². The minimum atomic E-state index is -0.674. The quantitative estimate of drug-likeness (QED) is 0.0707. The standard InChI is InChI=1S/C61H66O15/c1-4-35-10-14-37(15-11-35)56(64)71-43-26-18-39(19-27-43)58(66)73-45-30-22-41(23-31-45)60(68)75-49-34-50(70-3)55(52-51(49)53(62)47-8-6-7-9-48(47)54(52)63)76-61(69)42-24-32-46(33-25-42)74-59(67)40-20-28-44(29-21-40)72-57(65)38-16-12-36(5-2)13-17-38/h6-9,18-21,26-29,34-38,41-42,45-46H,4-5,10-17,22-25,30-33H2,1-3H3/t35-,36-,37-,38-,41-,42-,45-,46-. The van der Waals surface area contributed by atoms with E-state index in [2.05, 4.69) is 13.8 Å². The van der Waals surface area contributed by atoms with E-state index in [1.807, 2.05) is 0 Å². The summed E-state index contributed by atoms with van der Waals surface area (Å²) < 4.78 is 40.5. The average molecular weight is 1040 g/mol. The van der Waals surface area contributed by atoms with Gasteiger partial charge in [0.15, 0.2) is 23.1 Å². The van der Waals surface area contributed by atoms with Crippen LogP contribution in [-0.2, 0) is 28.7 Å². The van der Waals surface area contributed by atoms with Gasteiger partial charge in [0.2, 0.25) is 0 Å². The number of methoxy groups -OCH3 is 1. The SMILES string of the molecule is CC[C@H]1CC[C@H](C(=O)Oc2ccc(C(=O)O[C@H]3CC[C@H](C(=O)Oc4cc(OC)c(OC(=O)[C@H]5CC[C@H](OC(=O)c6ccc(OC(=O)[C@H]7CC[C@H](CC)CC7)cc6)CC5)c5c4C(=O)c4ccccc4C5=O)CC3)cc2)CC1. The van der Waals surface area contributed by atoms with Crippen molar-refractivity contribution in [3.05, 3.63) is 112 Å². The molecule has 0 atom stereocenters. The van der Waals surface area contributed by atoms with E-state index in [1.165, 1.54) is 25.3 Å². The Kier molecular flexibility index (Phi) is 17.1.